The third-order valence-corrected chi connectivity index (χ3v) is 3.21. The summed E-state index contributed by atoms with van der Waals surface area (Å²) in [5.41, 5.74) is -0.105. The zero-order valence-electron chi connectivity index (χ0n) is 10.3. The molecule has 1 fully saturated rings. The largest absolute Gasteiger partial charge is 0.379 e. The van der Waals surface area contributed by atoms with Crippen molar-refractivity contribution in [2.24, 2.45) is 0 Å². The minimum Gasteiger partial charge on any atom is -0.379 e. The van der Waals surface area contributed by atoms with E-state index in [-0.39, 0.29) is 17.7 Å². The fourth-order valence-corrected chi connectivity index (χ4v) is 2.31. The number of aromatic nitrogens is 2. The average molecular weight is 237 g/mol. The molecule has 0 saturated heterocycles. The Morgan fingerprint density at radius 3 is 3.12 bits per heavy atom. The van der Waals surface area contributed by atoms with E-state index in [1.807, 2.05) is 6.92 Å². The van der Waals surface area contributed by atoms with E-state index in [2.05, 4.69) is 15.3 Å². The lowest BCUT2D eigenvalue weighted by atomic mass is 10.2. The van der Waals surface area contributed by atoms with Crippen LogP contribution in [0.4, 0.5) is 5.82 Å². The van der Waals surface area contributed by atoms with Gasteiger partial charge in [-0.1, -0.05) is 6.92 Å². The Labute approximate surface area is 101 Å². The Balaban J connectivity index is 2.12. The quantitative estimate of drug-likeness (QED) is 0.828. The molecule has 94 valence electrons. The molecule has 1 saturated carbocycles. The topological polar surface area (TPSA) is 67.0 Å². The van der Waals surface area contributed by atoms with E-state index in [9.17, 15) is 4.79 Å². The minimum atomic E-state index is -0.105. The molecule has 1 aliphatic carbocycles. The van der Waals surface area contributed by atoms with Crippen LogP contribution in [0, 0.1) is 0 Å². The van der Waals surface area contributed by atoms with Crippen LogP contribution in [0.3, 0.4) is 0 Å². The van der Waals surface area contributed by atoms with Gasteiger partial charge in [0, 0.05) is 19.6 Å². The lowest BCUT2D eigenvalue weighted by Gasteiger charge is -2.20. The van der Waals surface area contributed by atoms with Gasteiger partial charge in [-0.3, -0.25) is 4.79 Å². The van der Waals surface area contributed by atoms with Crippen molar-refractivity contribution < 1.29 is 4.74 Å². The average Bonchev–Trinajstić information content (AvgIpc) is 2.75. The van der Waals surface area contributed by atoms with Crippen LogP contribution in [-0.4, -0.2) is 29.2 Å². The van der Waals surface area contributed by atoms with Crippen LogP contribution in [0.1, 0.15) is 32.0 Å². The minimum absolute atomic E-state index is 0.105. The van der Waals surface area contributed by atoms with Crippen molar-refractivity contribution in [3.05, 3.63) is 22.2 Å². The lowest BCUT2D eigenvalue weighted by molar-refractivity contribution is 0.101. The highest BCUT2D eigenvalue weighted by Gasteiger charge is 2.27. The van der Waals surface area contributed by atoms with Gasteiger partial charge in [0.15, 0.2) is 0 Å². The van der Waals surface area contributed by atoms with E-state index in [4.69, 9.17) is 4.74 Å². The van der Waals surface area contributed by atoms with E-state index in [0.29, 0.717) is 11.6 Å². The number of methoxy groups -OCH3 is 1. The molecule has 2 atom stereocenters. The first-order valence-electron chi connectivity index (χ1n) is 6.12. The molecule has 2 unspecified atom stereocenters. The normalized spacial score (nSPS) is 23.9. The van der Waals surface area contributed by atoms with Crippen molar-refractivity contribution in [2.45, 2.75) is 44.8 Å². The molecular formula is C12H19N3O2. The Kier molecular flexibility index (Phi) is 3.78. The van der Waals surface area contributed by atoms with Crippen molar-refractivity contribution in [2.75, 3.05) is 12.4 Å². The van der Waals surface area contributed by atoms with Crippen LogP contribution < -0.4 is 10.9 Å². The Bertz CT molecular complexity index is 430. The molecule has 0 aliphatic heterocycles. The smallest absolute Gasteiger partial charge is 0.252 e. The van der Waals surface area contributed by atoms with Gasteiger partial charge in [0.1, 0.15) is 11.6 Å². The van der Waals surface area contributed by atoms with Gasteiger partial charge < -0.3 is 15.0 Å². The van der Waals surface area contributed by atoms with Crippen molar-refractivity contribution in [3.63, 3.8) is 0 Å². The van der Waals surface area contributed by atoms with Crippen LogP contribution in [-0.2, 0) is 11.2 Å². The molecule has 1 aromatic rings. The highest BCUT2D eigenvalue weighted by Crippen LogP contribution is 2.24. The predicted octanol–water partition coefficient (Wildman–Crippen LogP) is 1.31. The summed E-state index contributed by atoms with van der Waals surface area (Å²) >= 11 is 0. The molecule has 0 amide bonds. The second-order valence-corrected chi connectivity index (χ2v) is 4.39. The SMILES string of the molecule is CCc1nc(NC2CCCC2OC)cc(=O)[nH]1. The predicted molar refractivity (Wildman–Crippen MR) is 66.3 cm³/mol. The van der Waals surface area contributed by atoms with Gasteiger partial charge in [0.05, 0.1) is 12.1 Å². The zero-order valence-corrected chi connectivity index (χ0v) is 10.3. The van der Waals surface area contributed by atoms with Crippen molar-refractivity contribution in [3.8, 4) is 0 Å². The van der Waals surface area contributed by atoms with Gasteiger partial charge in [0.2, 0.25) is 0 Å². The van der Waals surface area contributed by atoms with Gasteiger partial charge in [-0.15, -0.1) is 0 Å². The summed E-state index contributed by atoms with van der Waals surface area (Å²) in [4.78, 5) is 18.5. The molecule has 1 aromatic heterocycles. The molecule has 1 heterocycles. The van der Waals surface area contributed by atoms with Crippen LogP contribution in [0.5, 0.6) is 0 Å². The van der Waals surface area contributed by atoms with E-state index in [1.54, 1.807) is 7.11 Å². The molecule has 0 aromatic carbocycles. The van der Waals surface area contributed by atoms with Gasteiger partial charge in [-0.25, -0.2) is 4.98 Å². The molecule has 2 rings (SSSR count). The maximum absolute atomic E-state index is 11.4. The summed E-state index contributed by atoms with van der Waals surface area (Å²) in [7, 11) is 1.73. The van der Waals surface area contributed by atoms with Crippen LogP contribution in [0.2, 0.25) is 0 Å². The number of aromatic amines is 1. The third-order valence-electron chi connectivity index (χ3n) is 3.21. The van der Waals surface area contributed by atoms with E-state index in [1.165, 1.54) is 6.07 Å². The van der Waals surface area contributed by atoms with Crippen molar-refractivity contribution >= 4 is 5.82 Å². The van der Waals surface area contributed by atoms with Crippen LogP contribution >= 0.6 is 0 Å². The molecule has 17 heavy (non-hydrogen) atoms. The second-order valence-electron chi connectivity index (χ2n) is 4.39. The number of rotatable bonds is 4. The van der Waals surface area contributed by atoms with Crippen LogP contribution in [0.25, 0.3) is 0 Å². The Morgan fingerprint density at radius 2 is 2.41 bits per heavy atom. The summed E-state index contributed by atoms with van der Waals surface area (Å²) in [6.07, 6.45) is 4.23. The zero-order chi connectivity index (χ0) is 12.3. The third kappa shape index (κ3) is 2.85. The van der Waals surface area contributed by atoms with E-state index >= 15 is 0 Å². The number of nitrogens with zero attached hydrogens (tertiary/aromatic N) is 1. The standard InChI is InChI=1S/C12H19N3O2/c1-3-10-14-11(7-12(16)15-10)13-8-5-4-6-9(8)17-2/h7-9H,3-6H2,1-2H3,(H2,13,14,15,16). The second kappa shape index (κ2) is 5.31. The molecule has 5 nitrogen and oxygen atoms in total. The van der Waals surface area contributed by atoms with Gasteiger partial charge in [-0.05, 0) is 19.3 Å². The number of nitrogens with one attached hydrogen (secondary N) is 2. The first-order valence-corrected chi connectivity index (χ1v) is 6.12. The van der Waals surface area contributed by atoms with Crippen molar-refractivity contribution in [1.82, 2.24) is 9.97 Å². The fraction of sp³-hybridized carbons (Fsp3) is 0.667. The number of hydrogen-bond donors (Lipinski definition) is 2. The Morgan fingerprint density at radius 1 is 1.59 bits per heavy atom. The number of aryl methyl sites for hydroxylation is 1. The van der Waals surface area contributed by atoms with Crippen molar-refractivity contribution in [1.29, 1.82) is 0 Å². The highest BCUT2D eigenvalue weighted by molar-refractivity contribution is 5.35. The number of ether oxygens (including phenoxy) is 1. The number of H-pyrrole nitrogens is 1. The Hall–Kier alpha value is -1.36. The summed E-state index contributed by atoms with van der Waals surface area (Å²) in [6, 6.07) is 1.77. The summed E-state index contributed by atoms with van der Waals surface area (Å²) in [5.74, 6) is 1.37. The summed E-state index contributed by atoms with van der Waals surface area (Å²) in [5, 5.41) is 3.30. The molecule has 2 N–H and O–H groups in total. The highest BCUT2D eigenvalue weighted by atomic mass is 16.5. The van der Waals surface area contributed by atoms with Gasteiger partial charge >= 0.3 is 0 Å². The number of hydrogen-bond acceptors (Lipinski definition) is 4. The monoisotopic (exact) mass is 237 g/mol. The van der Waals surface area contributed by atoms with E-state index < -0.39 is 0 Å². The maximum atomic E-state index is 11.4. The summed E-state index contributed by atoms with van der Waals surface area (Å²) < 4.78 is 5.41. The molecule has 0 spiro atoms. The fourth-order valence-electron chi connectivity index (χ4n) is 2.31. The first-order chi connectivity index (χ1) is 8.22. The number of anilines is 1. The first kappa shape index (κ1) is 12.1. The van der Waals surface area contributed by atoms with Gasteiger partial charge in [0.25, 0.3) is 5.56 Å². The van der Waals surface area contributed by atoms with E-state index in [0.717, 1.165) is 25.7 Å². The molecular weight excluding hydrogens is 218 g/mol. The lowest BCUT2D eigenvalue weighted by Crippen LogP contribution is -2.30. The molecule has 1 aliphatic rings. The molecule has 0 bridgehead atoms. The molecule has 5 heteroatoms. The molecule has 0 radical (unpaired) electrons. The van der Waals surface area contributed by atoms with Crippen LogP contribution in [0.15, 0.2) is 10.9 Å². The van der Waals surface area contributed by atoms with Gasteiger partial charge in [-0.2, -0.15) is 0 Å². The summed E-state index contributed by atoms with van der Waals surface area (Å²) in [6.45, 7) is 1.97. The maximum Gasteiger partial charge on any atom is 0.252 e.